The van der Waals surface area contributed by atoms with E-state index in [0.717, 1.165) is 5.69 Å². The van der Waals surface area contributed by atoms with Gasteiger partial charge in [0.05, 0.1) is 0 Å². The second-order valence-corrected chi connectivity index (χ2v) is 4.73. The molecule has 0 radical (unpaired) electrons. The lowest BCUT2D eigenvalue weighted by Crippen LogP contribution is -2.26. The monoisotopic (exact) mass is 297 g/mol. The van der Waals surface area contributed by atoms with Crippen molar-refractivity contribution >= 4 is 15.8 Å². The highest BCUT2D eigenvalue weighted by atomic mass is 32.2. The highest BCUT2D eigenvalue weighted by Gasteiger charge is 2.36. The first-order valence-electron chi connectivity index (χ1n) is 4.60. The van der Waals surface area contributed by atoms with Gasteiger partial charge in [-0.05, 0) is 0 Å². The Kier molecular flexibility index (Phi) is 5.73. The summed E-state index contributed by atoms with van der Waals surface area (Å²) >= 11 is 0. The number of hydrogen-bond donors (Lipinski definition) is 0. The molecule has 0 fully saturated rings. The topological polar surface area (TPSA) is 88.1 Å². The average Bonchev–Trinajstić information content (AvgIpc) is 2.27. The van der Waals surface area contributed by atoms with Crippen molar-refractivity contribution in [3.05, 3.63) is 24.5 Å². The molecule has 1 rings (SSSR count). The van der Waals surface area contributed by atoms with Gasteiger partial charge in [0.25, 0.3) is 0 Å². The van der Waals surface area contributed by atoms with Gasteiger partial charge in [-0.2, -0.15) is 13.2 Å². The number of aromatic nitrogens is 1. The molecule has 0 aliphatic heterocycles. The van der Waals surface area contributed by atoms with Crippen LogP contribution in [-0.4, -0.2) is 32.6 Å². The Bertz CT molecular complexity index is 547. The van der Waals surface area contributed by atoms with Crippen molar-refractivity contribution in [1.29, 1.82) is 5.26 Å². The Labute approximate surface area is 108 Å². The standard InChI is InChI=1S/C8H10N3.CHF3O3S/c1-10(2)8-3-5-11(7-9)6-4-8;2-1(3,4)8(5,6)7/h3-6H,1-2H3;(H,5,6,7)/q+1;/p-1. The third-order valence-corrected chi connectivity index (χ3v) is 2.29. The number of pyridine rings is 1. The van der Waals surface area contributed by atoms with E-state index in [4.69, 9.17) is 18.2 Å². The Balaban J connectivity index is 0.000000362. The van der Waals surface area contributed by atoms with E-state index in [0.29, 0.717) is 0 Å². The number of rotatable bonds is 1. The van der Waals surface area contributed by atoms with Crippen LogP contribution in [0.1, 0.15) is 0 Å². The predicted octanol–water partition coefficient (Wildman–Crippen LogP) is 0.421. The first-order chi connectivity index (χ1) is 8.49. The molecule has 6 nitrogen and oxygen atoms in total. The molecule has 0 unspecified atom stereocenters. The molecule has 0 aromatic carbocycles. The van der Waals surface area contributed by atoms with Crippen LogP contribution in [0.25, 0.3) is 0 Å². The van der Waals surface area contributed by atoms with Gasteiger partial charge in [-0.25, -0.2) is 8.42 Å². The molecule has 0 atom stereocenters. The Morgan fingerprint density at radius 1 is 1.32 bits per heavy atom. The number of halogens is 3. The molecule has 0 aliphatic rings. The van der Waals surface area contributed by atoms with Crippen LogP contribution in [0, 0.1) is 11.5 Å². The van der Waals surface area contributed by atoms with Gasteiger partial charge < -0.3 is 9.45 Å². The molecule has 0 amide bonds. The summed E-state index contributed by atoms with van der Waals surface area (Å²) in [6, 6.07) is 3.78. The first-order valence-corrected chi connectivity index (χ1v) is 6.00. The zero-order chi connectivity index (χ0) is 15.3. The molecule has 1 aromatic heterocycles. The summed E-state index contributed by atoms with van der Waals surface area (Å²) in [6.45, 7) is 0. The Hall–Kier alpha value is -1.86. The van der Waals surface area contributed by atoms with Crippen LogP contribution in [-0.2, 0) is 10.1 Å². The molecule has 19 heavy (non-hydrogen) atoms. The smallest absolute Gasteiger partial charge is 0.485 e. The zero-order valence-electron chi connectivity index (χ0n) is 9.92. The third-order valence-electron chi connectivity index (χ3n) is 1.73. The Morgan fingerprint density at radius 2 is 1.68 bits per heavy atom. The maximum atomic E-state index is 10.7. The number of hydrogen-bond acceptors (Lipinski definition) is 5. The van der Waals surface area contributed by atoms with E-state index in [1.807, 2.05) is 37.3 Å². The summed E-state index contributed by atoms with van der Waals surface area (Å²) in [5.41, 5.74) is -4.55. The van der Waals surface area contributed by atoms with Crippen LogP contribution < -0.4 is 9.47 Å². The van der Waals surface area contributed by atoms with Gasteiger partial charge in [0.15, 0.2) is 15.4 Å². The molecule has 0 N–H and O–H groups in total. The average molecular weight is 297 g/mol. The van der Waals surface area contributed by atoms with Gasteiger partial charge in [-0.1, -0.05) is 0 Å². The van der Waals surface area contributed by atoms with Crippen LogP contribution in [0.5, 0.6) is 0 Å². The molecule has 0 spiro atoms. The number of anilines is 1. The highest BCUT2D eigenvalue weighted by Crippen LogP contribution is 2.20. The van der Waals surface area contributed by atoms with Crippen molar-refractivity contribution in [2.75, 3.05) is 19.0 Å². The van der Waals surface area contributed by atoms with E-state index >= 15 is 0 Å². The lowest BCUT2D eigenvalue weighted by atomic mass is 10.4. The van der Waals surface area contributed by atoms with Gasteiger partial charge in [-0.3, -0.25) is 0 Å². The highest BCUT2D eigenvalue weighted by molar-refractivity contribution is 7.86. The van der Waals surface area contributed by atoms with Crippen molar-refractivity contribution in [2.24, 2.45) is 0 Å². The van der Waals surface area contributed by atoms with Crippen molar-refractivity contribution < 1.29 is 30.7 Å². The Morgan fingerprint density at radius 3 is 1.89 bits per heavy atom. The molecule has 0 bridgehead atoms. The zero-order valence-corrected chi connectivity index (χ0v) is 10.7. The van der Waals surface area contributed by atoms with Gasteiger partial charge in [-0.15, -0.1) is 4.57 Å². The molecule has 0 saturated carbocycles. The fraction of sp³-hybridized carbons (Fsp3) is 0.333. The van der Waals surface area contributed by atoms with Crippen LogP contribution in [0.2, 0.25) is 0 Å². The summed E-state index contributed by atoms with van der Waals surface area (Å²) in [4.78, 5) is 1.99. The van der Waals surface area contributed by atoms with E-state index in [1.165, 1.54) is 4.57 Å². The second kappa shape index (κ2) is 6.35. The summed E-state index contributed by atoms with van der Waals surface area (Å²) in [7, 11) is -2.16. The third kappa shape index (κ3) is 6.03. The van der Waals surface area contributed by atoms with E-state index in [2.05, 4.69) is 0 Å². The minimum absolute atomic E-state index is 1.09. The molecule has 106 valence electrons. The molecule has 10 heteroatoms. The van der Waals surface area contributed by atoms with E-state index in [1.54, 1.807) is 12.4 Å². The minimum atomic E-state index is -6.09. The van der Waals surface area contributed by atoms with Crippen molar-refractivity contribution in [2.45, 2.75) is 5.51 Å². The predicted molar refractivity (Wildman–Crippen MR) is 57.7 cm³/mol. The summed E-state index contributed by atoms with van der Waals surface area (Å²) < 4.78 is 60.4. The van der Waals surface area contributed by atoms with Crippen molar-refractivity contribution in [3.8, 4) is 6.19 Å². The first kappa shape index (κ1) is 17.1. The minimum Gasteiger partial charge on any atom is -0.741 e. The van der Waals surface area contributed by atoms with Crippen LogP contribution in [0.4, 0.5) is 18.9 Å². The fourth-order valence-corrected chi connectivity index (χ4v) is 0.783. The fourth-order valence-electron chi connectivity index (χ4n) is 0.783. The molecular formula is C9H10F3N3O3S. The summed E-state index contributed by atoms with van der Waals surface area (Å²) in [5.74, 6) is 0. The SMILES string of the molecule is CN(C)c1cc[n+](C#N)cc1.O=S(=O)([O-])C(F)(F)F. The largest absolute Gasteiger partial charge is 0.741 e. The molecule has 1 heterocycles. The quantitative estimate of drug-likeness (QED) is 0.426. The molecule has 1 aromatic rings. The van der Waals surface area contributed by atoms with E-state index in [-0.39, 0.29) is 0 Å². The van der Waals surface area contributed by atoms with Gasteiger partial charge >= 0.3 is 11.7 Å². The van der Waals surface area contributed by atoms with E-state index < -0.39 is 15.6 Å². The van der Waals surface area contributed by atoms with Gasteiger partial charge in [0, 0.05) is 31.9 Å². The van der Waals surface area contributed by atoms with Crippen LogP contribution in [0.3, 0.4) is 0 Å². The maximum absolute atomic E-state index is 10.7. The molecule has 0 aliphatic carbocycles. The van der Waals surface area contributed by atoms with Crippen LogP contribution >= 0.6 is 0 Å². The van der Waals surface area contributed by atoms with Crippen LogP contribution in [0.15, 0.2) is 24.5 Å². The molecule has 0 saturated heterocycles. The number of nitrogens with zero attached hydrogens (tertiary/aromatic N) is 3. The maximum Gasteiger partial charge on any atom is 0.485 e. The number of alkyl halides is 3. The summed E-state index contributed by atoms with van der Waals surface area (Å²) in [6.07, 6.45) is 5.45. The van der Waals surface area contributed by atoms with E-state index in [9.17, 15) is 13.2 Å². The lowest BCUT2D eigenvalue weighted by Gasteiger charge is -2.09. The normalized spacial score (nSPS) is 11.0. The lowest BCUT2D eigenvalue weighted by molar-refractivity contribution is -0.586. The summed E-state index contributed by atoms with van der Waals surface area (Å²) in [5, 5.41) is 8.47. The van der Waals surface area contributed by atoms with Gasteiger partial charge in [0.2, 0.25) is 0 Å². The second-order valence-electron chi connectivity index (χ2n) is 3.36. The van der Waals surface area contributed by atoms with Crippen molar-refractivity contribution in [1.82, 2.24) is 0 Å². The van der Waals surface area contributed by atoms with Crippen molar-refractivity contribution in [3.63, 3.8) is 0 Å². The molecular weight excluding hydrogens is 287 g/mol. The number of nitriles is 1. The van der Waals surface area contributed by atoms with Gasteiger partial charge in [0.1, 0.15) is 12.4 Å².